The number of allylic oxidation sites excluding steroid dienone is 23. The summed E-state index contributed by atoms with van der Waals surface area (Å²) in [4.78, 5) is 23.4. The van der Waals surface area contributed by atoms with E-state index in [1.807, 2.05) is 27.2 Å². The lowest BCUT2D eigenvalue weighted by Crippen LogP contribution is -2.45. The quantitative estimate of drug-likeness (QED) is 0.0243. The monoisotopic (exact) mass is 1120 g/mol. The van der Waals surface area contributed by atoms with Gasteiger partial charge in [-0.2, -0.15) is 0 Å². The molecule has 0 aromatic carbocycles. The molecule has 0 saturated carbocycles. The van der Waals surface area contributed by atoms with E-state index in [4.69, 9.17) is 9.05 Å². The number of nitrogens with zero attached hydrogens (tertiary/aromatic N) is 1. The van der Waals surface area contributed by atoms with Crippen molar-refractivity contribution in [1.29, 1.82) is 0 Å². The Hall–Kier alpha value is -3.62. The van der Waals surface area contributed by atoms with E-state index in [0.29, 0.717) is 17.4 Å². The molecule has 0 spiro atoms. The first-order valence-corrected chi connectivity index (χ1v) is 33.2. The number of hydrogen-bond acceptors (Lipinski definition) is 5. The van der Waals surface area contributed by atoms with Crippen molar-refractivity contribution in [3.63, 3.8) is 0 Å². The number of carbonyl (C=O) groups excluding carboxylic acids is 1. The van der Waals surface area contributed by atoms with Crippen molar-refractivity contribution in [3.05, 3.63) is 146 Å². The summed E-state index contributed by atoms with van der Waals surface area (Å²) in [7, 11) is 1.52. The predicted octanol–water partition coefficient (Wildman–Crippen LogP) is 20.0. The molecule has 79 heavy (non-hydrogen) atoms. The Morgan fingerprint density at radius 3 is 1.16 bits per heavy atom. The van der Waals surface area contributed by atoms with E-state index in [2.05, 4.69) is 153 Å². The van der Waals surface area contributed by atoms with Gasteiger partial charge in [-0.3, -0.25) is 13.8 Å². The molecule has 9 heteroatoms. The molecule has 1 amide bonds. The molecule has 0 saturated heterocycles. The molecule has 0 aliphatic rings. The third-order valence-electron chi connectivity index (χ3n) is 13.3. The Morgan fingerprint density at radius 1 is 0.443 bits per heavy atom. The van der Waals surface area contributed by atoms with Crippen LogP contribution in [-0.4, -0.2) is 73.4 Å². The fourth-order valence-electron chi connectivity index (χ4n) is 8.36. The van der Waals surface area contributed by atoms with Crippen LogP contribution in [0.3, 0.4) is 0 Å². The zero-order valence-corrected chi connectivity index (χ0v) is 52.2. The number of aliphatic hydroxyl groups excluding tert-OH is 1. The van der Waals surface area contributed by atoms with Crippen molar-refractivity contribution >= 4 is 13.7 Å². The first-order chi connectivity index (χ1) is 38.5. The molecule has 0 rings (SSSR count). The number of amides is 1. The number of nitrogens with one attached hydrogen (secondary N) is 1. The average Bonchev–Trinajstić information content (AvgIpc) is 3.42. The molecule has 0 radical (unpaired) electrons. The van der Waals surface area contributed by atoms with Crippen LogP contribution in [0, 0.1) is 0 Å². The van der Waals surface area contributed by atoms with Crippen molar-refractivity contribution in [1.82, 2.24) is 5.32 Å². The van der Waals surface area contributed by atoms with Gasteiger partial charge < -0.3 is 19.8 Å². The molecule has 3 N–H and O–H groups in total. The maximum atomic E-state index is 13.0. The highest BCUT2D eigenvalue weighted by Gasteiger charge is 2.27. The fraction of sp³-hybridized carbons (Fsp3) is 0.643. The molecule has 3 atom stereocenters. The number of quaternary nitrogens is 1. The van der Waals surface area contributed by atoms with Crippen LogP contribution < -0.4 is 5.32 Å². The van der Waals surface area contributed by atoms with Crippen molar-refractivity contribution < 1.29 is 32.9 Å². The number of phosphoric ester groups is 1. The summed E-state index contributed by atoms with van der Waals surface area (Å²) in [5.74, 6) is -0.208. The van der Waals surface area contributed by atoms with Gasteiger partial charge in [0.1, 0.15) is 13.2 Å². The summed E-state index contributed by atoms with van der Waals surface area (Å²) < 4.78 is 23.7. The molecule has 0 aliphatic carbocycles. The van der Waals surface area contributed by atoms with Gasteiger partial charge in [0.05, 0.1) is 39.9 Å². The van der Waals surface area contributed by atoms with Gasteiger partial charge in [0.15, 0.2) is 0 Å². The number of carbonyl (C=O) groups is 1. The normalized spacial score (nSPS) is 14.8. The average molecular weight is 1120 g/mol. The first kappa shape index (κ1) is 75.4. The number of unbranched alkanes of at least 4 members (excludes halogenated alkanes) is 21. The van der Waals surface area contributed by atoms with Crippen molar-refractivity contribution in [2.75, 3.05) is 40.9 Å². The second kappa shape index (κ2) is 59.0. The maximum Gasteiger partial charge on any atom is 0.472 e. The Balaban J connectivity index is 4.28. The molecular formula is C70H120N2O6P+. The van der Waals surface area contributed by atoms with Gasteiger partial charge in [0.25, 0.3) is 0 Å². The Bertz CT molecular complexity index is 1790. The van der Waals surface area contributed by atoms with Crippen LogP contribution in [0.4, 0.5) is 0 Å². The van der Waals surface area contributed by atoms with Gasteiger partial charge >= 0.3 is 7.82 Å². The van der Waals surface area contributed by atoms with Gasteiger partial charge in [0, 0.05) is 6.42 Å². The van der Waals surface area contributed by atoms with Crippen LogP contribution in [-0.2, 0) is 18.4 Å². The highest BCUT2D eigenvalue weighted by Crippen LogP contribution is 2.43. The summed E-state index contributed by atoms with van der Waals surface area (Å²) in [5, 5.41) is 13.9. The molecule has 3 unspecified atom stereocenters. The van der Waals surface area contributed by atoms with Crippen LogP contribution in [0.25, 0.3) is 0 Å². The minimum absolute atomic E-state index is 0.0433. The summed E-state index contributed by atoms with van der Waals surface area (Å²) in [6, 6.07) is -0.888. The van der Waals surface area contributed by atoms with Gasteiger partial charge in [-0.05, 0) is 116 Å². The van der Waals surface area contributed by atoms with Crippen LogP contribution in [0.5, 0.6) is 0 Å². The predicted molar refractivity (Wildman–Crippen MR) is 345 cm³/mol. The summed E-state index contributed by atoms with van der Waals surface area (Å²) >= 11 is 0. The zero-order chi connectivity index (χ0) is 57.7. The van der Waals surface area contributed by atoms with E-state index in [0.717, 1.165) is 116 Å². The topological polar surface area (TPSA) is 105 Å². The van der Waals surface area contributed by atoms with Crippen molar-refractivity contribution in [2.24, 2.45) is 0 Å². The van der Waals surface area contributed by atoms with Crippen LogP contribution >= 0.6 is 7.82 Å². The highest BCUT2D eigenvalue weighted by molar-refractivity contribution is 7.47. The minimum Gasteiger partial charge on any atom is -0.387 e. The molecule has 8 nitrogen and oxygen atoms in total. The molecule has 0 aliphatic heterocycles. The van der Waals surface area contributed by atoms with Crippen LogP contribution in [0.2, 0.25) is 0 Å². The maximum absolute atomic E-state index is 13.0. The molecule has 0 fully saturated rings. The lowest BCUT2D eigenvalue weighted by Gasteiger charge is -2.25. The molecule has 0 bridgehead atoms. The highest BCUT2D eigenvalue weighted by atomic mass is 31.2. The van der Waals surface area contributed by atoms with Gasteiger partial charge in [-0.25, -0.2) is 4.57 Å². The third-order valence-corrected chi connectivity index (χ3v) is 14.3. The van der Waals surface area contributed by atoms with Crippen molar-refractivity contribution in [2.45, 2.75) is 251 Å². The third kappa shape index (κ3) is 61.8. The van der Waals surface area contributed by atoms with E-state index in [1.165, 1.54) is 103 Å². The number of hydrogen-bond donors (Lipinski definition) is 3. The Morgan fingerprint density at radius 2 is 0.772 bits per heavy atom. The minimum atomic E-state index is -4.38. The second-order valence-electron chi connectivity index (χ2n) is 22.0. The van der Waals surface area contributed by atoms with E-state index in [-0.39, 0.29) is 19.1 Å². The first-order valence-electron chi connectivity index (χ1n) is 31.7. The van der Waals surface area contributed by atoms with Gasteiger partial charge in [-0.1, -0.05) is 262 Å². The molecule has 0 aromatic rings. The fourth-order valence-corrected chi connectivity index (χ4v) is 9.10. The number of phosphoric acid groups is 1. The van der Waals surface area contributed by atoms with E-state index in [1.54, 1.807) is 6.08 Å². The summed E-state index contributed by atoms with van der Waals surface area (Å²) in [6.45, 7) is 4.66. The van der Waals surface area contributed by atoms with Crippen LogP contribution in [0.1, 0.15) is 239 Å². The lowest BCUT2D eigenvalue weighted by atomic mass is 10.0. The zero-order valence-electron chi connectivity index (χ0n) is 51.3. The number of rotatable bonds is 56. The van der Waals surface area contributed by atoms with Gasteiger partial charge in [0.2, 0.25) is 5.91 Å². The lowest BCUT2D eigenvalue weighted by molar-refractivity contribution is -0.870. The smallest absolute Gasteiger partial charge is 0.387 e. The SMILES string of the molecule is CC/C=C\C/C=C\C/C=C\C/C=C\C/C=C\C/C=C\C/C=C\C/C=C\C/C=C\CCCCCCCCCC(=O)NC(COP(=O)(O)OCC[N+](C)(C)C)C(O)/C=C/CC/C=C/CC/C=C/CCCCCCCCCCCCCC. The Kier molecular flexibility index (Phi) is 56.3. The molecular weight excluding hydrogens is 996 g/mol. The largest absolute Gasteiger partial charge is 0.472 e. The standard InChI is InChI=1S/C70H119N2O6P/c1-6-8-10-12-14-16-18-20-22-24-26-28-30-31-32-33-34-35-36-37-38-39-40-41-42-44-46-48-50-52-54-56-58-60-62-64-70(74)71-68(67-78-79(75,76)77-66-65-72(3,4)5)69(73)63-61-59-57-55-53-51-49-47-45-43-29-27-25-23-21-19-17-15-13-11-9-7-2/h8,10,14,16,20,22,26,28,31-32,34-35,37-38,40-41,44-47,53,55,61,63,68-69,73H,6-7,9,11-13,15,17-19,21,23-25,27,29-30,33,36,39,42-43,48-52,54,56-60,62,64-67H2,1-5H3,(H-,71,74,75,76)/p+1/b10-8-,16-14-,22-20-,28-26-,32-31-,35-34-,38-37-,41-40-,46-44-,47-45+,55-53+,63-61+. The van der Waals surface area contributed by atoms with E-state index < -0.39 is 20.0 Å². The van der Waals surface area contributed by atoms with Gasteiger partial charge in [-0.15, -0.1) is 0 Å². The number of aliphatic hydroxyl groups is 1. The number of likely N-dealkylation sites (N-methyl/N-ethyl adjacent to an activating group) is 1. The van der Waals surface area contributed by atoms with E-state index in [9.17, 15) is 19.4 Å². The van der Waals surface area contributed by atoms with Crippen molar-refractivity contribution in [3.8, 4) is 0 Å². The summed E-state index contributed by atoms with van der Waals surface area (Å²) in [5.41, 5.74) is 0. The van der Waals surface area contributed by atoms with Crippen LogP contribution in [0.15, 0.2) is 146 Å². The molecule has 0 heterocycles. The Labute approximate surface area is 487 Å². The summed E-state index contributed by atoms with van der Waals surface area (Å²) in [6.07, 6.45) is 91.1. The molecule has 450 valence electrons. The molecule has 0 aromatic heterocycles. The second-order valence-corrected chi connectivity index (χ2v) is 23.5. The van der Waals surface area contributed by atoms with E-state index >= 15 is 0 Å².